The predicted octanol–water partition coefficient (Wildman–Crippen LogP) is 3.39. The number of allylic oxidation sites excluding steroid dienone is 1. The van der Waals surface area contributed by atoms with Crippen LogP contribution in [-0.4, -0.2) is 29.5 Å². The van der Waals surface area contributed by atoms with Gasteiger partial charge in [-0.3, -0.25) is 9.69 Å². The molecule has 0 aromatic carbocycles. The fraction of sp³-hybridized carbons (Fsp3) is 0.500. The van der Waals surface area contributed by atoms with E-state index in [0.29, 0.717) is 5.76 Å². The van der Waals surface area contributed by atoms with Crippen LogP contribution in [0.3, 0.4) is 0 Å². The van der Waals surface area contributed by atoms with Crippen LogP contribution in [0.4, 0.5) is 0 Å². The van der Waals surface area contributed by atoms with Crippen LogP contribution in [0, 0.1) is 5.92 Å². The van der Waals surface area contributed by atoms with Crippen LogP contribution in [0.25, 0.3) is 5.76 Å². The lowest BCUT2D eigenvalue weighted by Gasteiger charge is -2.31. The van der Waals surface area contributed by atoms with Crippen molar-refractivity contribution in [1.82, 2.24) is 9.88 Å². The van der Waals surface area contributed by atoms with Gasteiger partial charge in [0, 0.05) is 17.8 Å². The van der Waals surface area contributed by atoms with Gasteiger partial charge < -0.3 is 9.72 Å². The first kappa shape index (κ1) is 16.6. The maximum Gasteiger partial charge on any atom is 0.247 e. The van der Waals surface area contributed by atoms with Gasteiger partial charge in [0.05, 0.1) is 6.54 Å². The average Bonchev–Trinajstić information content (AvgIpc) is 2.55. The van der Waals surface area contributed by atoms with Gasteiger partial charge in [-0.15, -0.1) is 0 Å². The van der Waals surface area contributed by atoms with Gasteiger partial charge in [0.15, 0.2) is 0 Å². The molecule has 1 N–H and O–H groups in total. The molecule has 4 nitrogen and oxygen atoms in total. The van der Waals surface area contributed by atoms with Gasteiger partial charge in [0.25, 0.3) is 0 Å². The van der Waals surface area contributed by atoms with Crippen molar-refractivity contribution in [1.29, 1.82) is 0 Å². The lowest BCUT2D eigenvalue weighted by atomic mass is 9.94. The normalized spacial score (nSPS) is 17.5. The first-order valence-corrected chi connectivity index (χ1v) is 8.05. The van der Waals surface area contributed by atoms with E-state index in [-0.39, 0.29) is 5.56 Å². The number of aromatic amines is 1. The zero-order valence-electron chi connectivity index (χ0n) is 13.6. The van der Waals surface area contributed by atoms with Gasteiger partial charge in [-0.25, -0.2) is 0 Å². The summed E-state index contributed by atoms with van der Waals surface area (Å²) in [6.07, 6.45) is 7.44. The minimum atomic E-state index is -0.124. The Morgan fingerprint density at radius 3 is 2.73 bits per heavy atom. The molecule has 2 rings (SSSR count). The van der Waals surface area contributed by atoms with E-state index in [1.165, 1.54) is 25.3 Å². The molecule has 0 aliphatic carbocycles. The monoisotopic (exact) mass is 302 g/mol. The van der Waals surface area contributed by atoms with Crippen LogP contribution in [0.15, 0.2) is 41.5 Å². The smallest absolute Gasteiger partial charge is 0.247 e. The molecule has 4 heteroatoms. The highest BCUT2D eigenvalue weighted by Crippen LogP contribution is 2.22. The first-order valence-electron chi connectivity index (χ1n) is 8.05. The van der Waals surface area contributed by atoms with Crippen molar-refractivity contribution in [3.05, 3.63) is 52.7 Å². The van der Waals surface area contributed by atoms with Gasteiger partial charge >= 0.3 is 0 Å². The number of ether oxygens (including phenoxy) is 1. The number of H-pyrrole nitrogens is 1. The number of aromatic nitrogens is 1. The van der Waals surface area contributed by atoms with Gasteiger partial charge in [-0.1, -0.05) is 19.9 Å². The van der Waals surface area contributed by atoms with Crippen molar-refractivity contribution in [3.63, 3.8) is 0 Å². The summed E-state index contributed by atoms with van der Waals surface area (Å²) in [6.45, 7) is 11.3. The number of likely N-dealkylation sites (tertiary alicyclic amines) is 1. The predicted molar refractivity (Wildman–Crippen MR) is 90.4 cm³/mol. The summed E-state index contributed by atoms with van der Waals surface area (Å²) in [5.41, 5.74) is 0.672. The summed E-state index contributed by atoms with van der Waals surface area (Å²) in [5.74, 6) is 2.35. The third-order valence-corrected chi connectivity index (χ3v) is 4.35. The summed E-state index contributed by atoms with van der Waals surface area (Å²) in [4.78, 5) is 16.2. The minimum Gasteiger partial charge on any atom is -0.461 e. The minimum absolute atomic E-state index is 0.124. The van der Waals surface area contributed by atoms with Crippen LogP contribution in [0.5, 0.6) is 0 Å². The summed E-state index contributed by atoms with van der Waals surface area (Å²) < 4.78 is 5.88. The molecule has 120 valence electrons. The zero-order valence-corrected chi connectivity index (χ0v) is 13.6. The average molecular weight is 302 g/mol. The molecule has 0 spiro atoms. The second-order valence-electron chi connectivity index (χ2n) is 5.85. The van der Waals surface area contributed by atoms with Gasteiger partial charge in [-0.05, 0) is 50.9 Å². The van der Waals surface area contributed by atoms with E-state index in [0.717, 1.165) is 36.9 Å². The Bertz CT molecular complexity index is 560. The summed E-state index contributed by atoms with van der Waals surface area (Å²) in [5, 5.41) is 0. The van der Waals surface area contributed by atoms with E-state index in [1.54, 1.807) is 12.3 Å². The standard InChI is InChI=1S/C18H26N2O2/c1-4-15-8-10-20(11-9-15)13-17(5-2)22-14(3)16-6-7-18(21)19-12-16/h5-7,12,15H,3-4,8-11,13H2,1-2H3,(H,19,21)/b17-5-. The third-order valence-electron chi connectivity index (χ3n) is 4.35. The molecule has 0 amide bonds. The quantitative estimate of drug-likeness (QED) is 0.819. The molecule has 22 heavy (non-hydrogen) atoms. The highest BCUT2D eigenvalue weighted by atomic mass is 16.5. The molecule has 0 bridgehead atoms. The van der Waals surface area contributed by atoms with E-state index in [1.807, 2.05) is 13.0 Å². The van der Waals surface area contributed by atoms with Gasteiger partial charge in [0.1, 0.15) is 11.5 Å². The Labute approximate surface area is 132 Å². The topological polar surface area (TPSA) is 45.3 Å². The fourth-order valence-electron chi connectivity index (χ4n) is 2.76. The number of rotatable bonds is 6. The molecule has 1 fully saturated rings. The van der Waals surface area contributed by atoms with Crippen LogP contribution < -0.4 is 5.56 Å². The maximum absolute atomic E-state index is 11.1. The molecule has 0 radical (unpaired) electrons. The molecule has 0 saturated carbocycles. The molecule has 1 aromatic rings. The van der Waals surface area contributed by atoms with Crippen molar-refractivity contribution in [2.24, 2.45) is 5.92 Å². The van der Waals surface area contributed by atoms with Gasteiger partial charge in [-0.2, -0.15) is 0 Å². The van der Waals surface area contributed by atoms with E-state index in [4.69, 9.17) is 4.74 Å². The molecule has 1 saturated heterocycles. The van der Waals surface area contributed by atoms with Crippen molar-refractivity contribution >= 4 is 5.76 Å². The van der Waals surface area contributed by atoms with E-state index in [2.05, 4.69) is 23.4 Å². The highest BCUT2D eigenvalue weighted by molar-refractivity contribution is 5.56. The number of pyridine rings is 1. The third kappa shape index (κ3) is 4.60. The zero-order chi connectivity index (χ0) is 15.9. The molecular formula is C18H26N2O2. The van der Waals surface area contributed by atoms with Crippen LogP contribution in [0.1, 0.15) is 38.7 Å². The fourth-order valence-corrected chi connectivity index (χ4v) is 2.76. The van der Waals surface area contributed by atoms with Gasteiger partial charge in [0.2, 0.25) is 5.56 Å². The number of piperidine rings is 1. The lowest BCUT2D eigenvalue weighted by Crippen LogP contribution is -2.35. The molecule has 0 unspecified atom stereocenters. The Morgan fingerprint density at radius 1 is 1.45 bits per heavy atom. The highest BCUT2D eigenvalue weighted by Gasteiger charge is 2.19. The number of nitrogens with zero attached hydrogens (tertiary/aromatic N) is 1. The Hall–Kier alpha value is -1.81. The van der Waals surface area contributed by atoms with Crippen molar-refractivity contribution in [2.45, 2.75) is 33.1 Å². The first-order chi connectivity index (χ1) is 10.6. The van der Waals surface area contributed by atoms with Crippen molar-refractivity contribution < 1.29 is 4.74 Å². The second kappa shape index (κ2) is 7.99. The SMILES string of the molecule is C=C(O/C(=C\C)CN1CCC(CC)CC1)c1ccc(=O)[nH]c1. The van der Waals surface area contributed by atoms with Crippen molar-refractivity contribution in [2.75, 3.05) is 19.6 Å². The molecule has 0 atom stereocenters. The van der Waals surface area contributed by atoms with E-state index < -0.39 is 0 Å². The summed E-state index contributed by atoms with van der Waals surface area (Å²) in [7, 11) is 0. The molecule has 2 heterocycles. The Kier molecular flexibility index (Phi) is 6.01. The number of hydrogen-bond donors (Lipinski definition) is 1. The molecule has 1 aromatic heterocycles. The van der Waals surface area contributed by atoms with E-state index >= 15 is 0 Å². The second-order valence-corrected chi connectivity index (χ2v) is 5.85. The number of nitrogens with one attached hydrogen (secondary N) is 1. The summed E-state index contributed by atoms with van der Waals surface area (Å²) >= 11 is 0. The molecular weight excluding hydrogens is 276 g/mol. The maximum atomic E-state index is 11.1. The summed E-state index contributed by atoms with van der Waals surface area (Å²) in [6, 6.07) is 3.20. The number of hydrogen-bond acceptors (Lipinski definition) is 3. The molecule has 1 aliphatic heterocycles. The largest absolute Gasteiger partial charge is 0.461 e. The van der Waals surface area contributed by atoms with Crippen molar-refractivity contribution in [3.8, 4) is 0 Å². The Morgan fingerprint density at radius 2 is 2.18 bits per heavy atom. The van der Waals surface area contributed by atoms with Crippen LogP contribution >= 0.6 is 0 Å². The lowest BCUT2D eigenvalue weighted by molar-refractivity contribution is 0.174. The van der Waals surface area contributed by atoms with E-state index in [9.17, 15) is 4.79 Å². The van der Waals surface area contributed by atoms with Crippen LogP contribution in [0.2, 0.25) is 0 Å². The van der Waals surface area contributed by atoms with Crippen LogP contribution in [-0.2, 0) is 4.74 Å². The molecule has 1 aliphatic rings. The Balaban J connectivity index is 1.88.